The molecule has 1 aromatic rings. The number of nitrogens with zero attached hydrogens (tertiary/aromatic N) is 3. The van der Waals surface area contributed by atoms with E-state index in [1.807, 2.05) is 13.8 Å². The largest absolute Gasteiger partial charge is 0.367 e. The summed E-state index contributed by atoms with van der Waals surface area (Å²) in [5.41, 5.74) is -0.306. The highest BCUT2D eigenvalue weighted by Gasteiger charge is 2.30. The lowest BCUT2D eigenvalue weighted by atomic mass is 10.1. The molecule has 108 valence electrons. The summed E-state index contributed by atoms with van der Waals surface area (Å²) < 4.78 is 11.1. The molecule has 0 bridgehead atoms. The Morgan fingerprint density at radius 1 is 1.42 bits per heavy atom. The Morgan fingerprint density at radius 3 is 2.89 bits per heavy atom. The van der Waals surface area contributed by atoms with Crippen molar-refractivity contribution in [3.05, 3.63) is 11.7 Å². The SMILES string of the molecule is CCNC(C)(C)c1nc(C2CN(CC)CCO2)no1. The molecule has 1 atom stereocenters. The van der Waals surface area contributed by atoms with Crippen molar-refractivity contribution >= 4 is 0 Å². The average Bonchev–Trinajstić information content (AvgIpc) is 2.89. The summed E-state index contributed by atoms with van der Waals surface area (Å²) in [4.78, 5) is 6.83. The van der Waals surface area contributed by atoms with Crippen molar-refractivity contribution in [2.24, 2.45) is 0 Å². The number of rotatable bonds is 5. The normalized spacial score (nSPS) is 21.8. The van der Waals surface area contributed by atoms with E-state index >= 15 is 0 Å². The first kappa shape index (κ1) is 14.4. The van der Waals surface area contributed by atoms with Crippen molar-refractivity contribution in [2.75, 3.05) is 32.8 Å². The first-order valence-electron chi connectivity index (χ1n) is 7.00. The van der Waals surface area contributed by atoms with Gasteiger partial charge in [-0.2, -0.15) is 4.98 Å². The van der Waals surface area contributed by atoms with Crippen molar-refractivity contribution in [2.45, 2.75) is 39.3 Å². The van der Waals surface area contributed by atoms with Crippen LogP contribution in [0.4, 0.5) is 0 Å². The number of nitrogens with one attached hydrogen (secondary N) is 1. The fraction of sp³-hybridized carbons (Fsp3) is 0.846. The highest BCUT2D eigenvalue weighted by molar-refractivity contribution is 5.02. The van der Waals surface area contributed by atoms with Gasteiger partial charge in [0.1, 0.15) is 6.10 Å². The van der Waals surface area contributed by atoms with Crippen molar-refractivity contribution in [1.82, 2.24) is 20.4 Å². The van der Waals surface area contributed by atoms with Crippen molar-refractivity contribution in [1.29, 1.82) is 0 Å². The Labute approximate surface area is 114 Å². The van der Waals surface area contributed by atoms with E-state index in [1.165, 1.54) is 0 Å². The number of ether oxygens (including phenoxy) is 1. The van der Waals surface area contributed by atoms with E-state index in [2.05, 4.69) is 34.2 Å². The standard InChI is InChI=1S/C13H24N4O2/c1-5-14-13(3,4)12-15-11(16-19-12)10-9-17(6-2)7-8-18-10/h10,14H,5-9H2,1-4H3. The minimum atomic E-state index is -0.306. The molecule has 0 spiro atoms. The van der Waals surface area contributed by atoms with E-state index in [0.29, 0.717) is 11.7 Å². The third kappa shape index (κ3) is 3.32. The molecule has 2 heterocycles. The van der Waals surface area contributed by atoms with Crippen molar-refractivity contribution < 1.29 is 9.26 Å². The van der Waals surface area contributed by atoms with Crippen LogP contribution in [0.15, 0.2) is 4.52 Å². The summed E-state index contributed by atoms with van der Waals surface area (Å²) in [6.45, 7) is 12.7. The van der Waals surface area contributed by atoms with Gasteiger partial charge in [-0.25, -0.2) is 0 Å². The fourth-order valence-corrected chi connectivity index (χ4v) is 2.28. The third-order valence-corrected chi connectivity index (χ3v) is 3.48. The Hall–Kier alpha value is -0.980. The number of likely N-dealkylation sites (N-methyl/N-ethyl adjacent to an activating group) is 1. The van der Waals surface area contributed by atoms with Gasteiger partial charge in [0.2, 0.25) is 11.7 Å². The first-order valence-corrected chi connectivity index (χ1v) is 7.00. The molecule has 1 N–H and O–H groups in total. The van der Waals surface area contributed by atoms with Crippen LogP contribution in [0.1, 0.15) is 45.5 Å². The van der Waals surface area contributed by atoms with Gasteiger partial charge in [0.05, 0.1) is 12.1 Å². The summed E-state index contributed by atoms with van der Waals surface area (Å²) in [5, 5.41) is 7.41. The van der Waals surface area contributed by atoms with E-state index in [-0.39, 0.29) is 11.6 Å². The van der Waals surface area contributed by atoms with Crippen LogP contribution in [0.3, 0.4) is 0 Å². The van der Waals surface area contributed by atoms with Crippen LogP contribution in [0, 0.1) is 0 Å². The van der Waals surface area contributed by atoms with Gasteiger partial charge in [-0.15, -0.1) is 0 Å². The first-order chi connectivity index (χ1) is 9.06. The Morgan fingerprint density at radius 2 is 2.21 bits per heavy atom. The van der Waals surface area contributed by atoms with Gasteiger partial charge in [0, 0.05) is 13.1 Å². The summed E-state index contributed by atoms with van der Waals surface area (Å²) in [6.07, 6.45) is -0.0800. The maximum absolute atomic E-state index is 5.73. The van der Waals surface area contributed by atoms with E-state index in [9.17, 15) is 0 Å². The lowest BCUT2D eigenvalue weighted by Gasteiger charge is -2.30. The monoisotopic (exact) mass is 268 g/mol. The molecule has 0 amide bonds. The van der Waals surface area contributed by atoms with Gasteiger partial charge in [0.15, 0.2) is 0 Å². The molecule has 0 saturated carbocycles. The number of morpholine rings is 1. The number of hydrogen-bond donors (Lipinski definition) is 1. The van der Waals surface area contributed by atoms with Gasteiger partial charge in [-0.05, 0) is 26.9 Å². The molecule has 1 saturated heterocycles. The van der Waals surface area contributed by atoms with Crippen molar-refractivity contribution in [3.8, 4) is 0 Å². The Balaban J connectivity index is 2.08. The van der Waals surface area contributed by atoms with E-state index in [1.54, 1.807) is 0 Å². The highest BCUT2D eigenvalue weighted by atomic mass is 16.5. The molecule has 1 aromatic heterocycles. The Kier molecular flexibility index (Phi) is 4.54. The van der Waals surface area contributed by atoms with Gasteiger partial charge in [-0.3, -0.25) is 4.90 Å². The second kappa shape index (κ2) is 5.98. The highest BCUT2D eigenvalue weighted by Crippen LogP contribution is 2.23. The van der Waals surface area contributed by atoms with Crippen LogP contribution >= 0.6 is 0 Å². The molecule has 0 aromatic carbocycles. The van der Waals surface area contributed by atoms with Crippen LogP contribution in [0.5, 0.6) is 0 Å². The van der Waals surface area contributed by atoms with Gasteiger partial charge >= 0.3 is 0 Å². The van der Waals surface area contributed by atoms with Crippen LogP contribution < -0.4 is 5.32 Å². The maximum Gasteiger partial charge on any atom is 0.246 e. The van der Waals surface area contributed by atoms with Gasteiger partial charge < -0.3 is 14.6 Å². The van der Waals surface area contributed by atoms with E-state index in [0.717, 1.165) is 32.8 Å². The van der Waals surface area contributed by atoms with E-state index in [4.69, 9.17) is 9.26 Å². The lowest BCUT2D eigenvalue weighted by Crippen LogP contribution is -2.38. The van der Waals surface area contributed by atoms with Crippen LogP contribution in [0.2, 0.25) is 0 Å². The topological polar surface area (TPSA) is 63.4 Å². The zero-order valence-corrected chi connectivity index (χ0v) is 12.3. The number of hydrogen-bond acceptors (Lipinski definition) is 6. The third-order valence-electron chi connectivity index (χ3n) is 3.48. The molecule has 2 rings (SSSR count). The lowest BCUT2D eigenvalue weighted by molar-refractivity contribution is -0.0334. The molecule has 6 heteroatoms. The number of aromatic nitrogens is 2. The Bertz CT molecular complexity index is 405. The van der Waals surface area contributed by atoms with Crippen molar-refractivity contribution in [3.63, 3.8) is 0 Å². The molecular formula is C13H24N4O2. The quantitative estimate of drug-likeness (QED) is 0.868. The molecule has 1 aliphatic heterocycles. The van der Waals surface area contributed by atoms with Gasteiger partial charge in [0.25, 0.3) is 0 Å². The van der Waals surface area contributed by atoms with Crippen LogP contribution in [-0.2, 0) is 10.3 Å². The summed E-state index contributed by atoms with van der Waals surface area (Å²) >= 11 is 0. The molecule has 1 fully saturated rings. The molecule has 0 radical (unpaired) electrons. The minimum Gasteiger partial charge on any atom is -0.367 e. The molecule has 1 unspecified atom stereocenters. The zero-order chi connectivity index (χ0) is 13.9. The maximum atomic E-state index is 5.73. The summed E-state index contributed by atoms with van der Waals surface area (Å²) in [5.74, 6) is 1.26. The fourth-order valence-electron chi connectivity index (χ4n) is 2.28. The molecule has 0 aliphatic carbocycles. The smallest absolute Gasteiger partial charge is 0.246 e. The molecular weight excluding hydrogens is 244 g/mol. The average molecular weight is 268 g/mol. The molecule has 19 heavy (non-hydrogen) atoms. The predicted molar refractivity (Wildman–Crippen MR) is 71.8 cm³/mol. The predicted octanol–water partition coefficient (Wildman–Crippen LogP) is 1.31. The van der Waals surface area contributed by atoms with Gasteiger partial charge in [-0.1, -0.05) is 19.0 Å². The zero-order valence-electron chi connectivity index (χ0n) is 12.3. The van der Waals surface area contributed by atoms with Crippen LogP contribution in [-0.4, -0.2) is 47.8 Å². The second-order valence-electron chi connectivity index (χ2n) is 5.37. The summed E-state index contributed by atoms with van der Waals surface area (Å²) in [7, 11) is 0. The molecule has 6 nitrogen and oxygen atoms in total. The summed E-state index contributed by atoms with van der Waals surface area (Å²) in [6, 6.07) is 0. The minimum absolute atomic E-state index is 0.0800. The second-order valence-corrected chi connectivity index (χ2v) is 5.37. The molecule has 1 aliphatic rings. The van der Waals surface area contributed by atoms with Crippen LogP contribution in [0.25, 0.3) is 0 Å². The van der Waals surface area contributed by atoms with E-state index < -0.39 is 0 Å².